The minimum atomic E-state index is -0.290. The second-order valence-corrected chi connectivity index (χ2v) is 7.15. The highest BCUT2D eigenvalue weighted by Gasteiger charge is 2.28. The van der Waals surface area contributed by atoms with Crippen LogP contribution in [-0.2, 0) is 11.2 Å². The van der Waals surface area contributed by atoms with E-state index in [9.17, 15) is 4.79 Å². The van der Waals surface area contributed by atoms with Crippen LogP contribution in [0.15, 0.2) is 41.1 Å². The summed E-state index contributed by atoms with van der Waals surface area (Å²) in [6, 6.07) is 9.57. The van der Waals surface area contributed by atoms with Gasteiger partial charge in [-0.1, -0.05) is 24.2 Å². The van der Waals surface area contributed by atoms with Gasteiger partial charge in [-0.25, -0.2) is 4.98 Å². The molecule has 4 heterocycles. The van der Waals surface area contributed by atoms with Gasteiger partial charge in [-0.2, -0.15) is 0 Å². The normalized spacial score (nSPS) is 16.8. The van der Waals surface area contributed by atoms with E-state index in [4.69, 9.17) is 14.2 Å². The Morgan fingerprint density at radius 3 is 2.90 bits per heavy atom. The third-order valence-corrected chi connectivity index (χ3v) is 5.18. The summed E-state index contributed by atoms with van der Waals surface area (Å²) in [5.41, 5.74) is 4.71. The van der Waals surface area contributed by atoms with Crippen LogP contribution < -0.4 is 0 Å². The first-order chi connectivity index (χ1) is 14.1. The maximum Gasteiger partial charge on any atom is 0.272 e. The second kappa shape index (κ2) is 8.13. The van der Waals surface area contributed by atoms with Crippen LogP contribution in [0.5, 0.6) is 0 Å². The Hall–Kier alpha value is -3.06. The zero-order valence-corrected chi connectivity index (χ0v) is 16.9. The van der Waals surface area contributed by atoms with Crippen LogP contribution in [0.2, 0.25) is 0 Å². The summed E-state index contributed by atoms with van der Waals surface area (Å²) in [7, 11) is 0. The van der Waals surface area contributed by atoms with E-state index in [1.807, 2.05) is 51.1 Å². The van der Waals surface area contributed by atoms with Gasteiger partial charge in [0.1, 0.15) is 17.6 Å². The van der Waals surface area contributed by atoms with Crippen molar-refractivity contribution in [1.82, 2.24) is 20.0 Å². The Morgan fingerprint density at radius 1 is 1.24 bits per heavy atom. The molecule has 7 heteroatoms. The van der Waals surface area contributed by atoms with Crippen LogP contribution in [0.25, 0.3) is 11.3 Å². The van der Waals surface area contributed by atoms with Crippen LogP contribution in [0.1, 0.15) is 46.2 Å². The first kappa shape index (κ1) is 19.3. The predicted octanol–water partition coefficient (Wildman–Crippen LogP) is 3.52. The first-order valence-corrected chi connectivity index (χ1v) is 9.83. The number of hydrogen-bond acceptors (Lipinski definition) is 6. The predicted molar refractivity (Wildman–Crippen MR) is 107 cm³/mol. The van der Waals surface area contributed by atoms with Gasteiger partial charge in [0, 0.05) is 19.2 Å². The van der Waals surface area contributed by atoms with Gasteiger partial charge in [0.15, 0.2) is 0 Å². The summed E-state index contributed by atoms with van der Waals surface area (Å²) in [6.45, 7) is 7.28. The largest absolute Gasteiger partial charge is 0.368 e. The molecule has 1 aliphatic heterocycles. The summed E-state index contributed by atoms with van der Waals surface area (Å²) < 4.78 is 11.4. The van der Waals surface area contributed by atoms with Crippen LogP contribution in [0, 0.1) is 13.8 Å². The van der Waals surface area contributed by atoms with E-state index in [1.165, 1.54) is 0 Å². The Kier molecular flexibility index (Phi) is 5.40. The van der Waals surface area contributed by atoms with Gasteiger partial charge < -0.3 is 14.2 Å². The number of carbonyl (C=O) groups excluding carboxylic acids is 1. The van der Waals surface area contributed by atoms with Crippen LogP contribution in [0.4, 0.5) is 0 Å². The summed E-state index contributed by atoms with van der Waals surface area (Å²) >= 11 is 0. The smallest absolute Gasteiger partial charge is 0.272 e. The van der Waals surface area contributed by atoms with Crippen LogP contribution in [-0.4, -0.2) is 45.6 Å². The molecule has 4 rings (SSSR count). The molecule has 1 aliphatic rings. The molecule has 0 bridgehead atoms. The molecule has 3 aromatic rings. The lowest BCUT2D eigenvalue weighted by Gasteiger charge is -2.32. The van der Waals surface area contributed by atoms with E-state index in [-0.39, 0.29) is 12.0 Å². The summed E-state index contributed by atoms with van der Waals surface area (Å²) in [5.74, 6) is 0.745. The zero-order chi connectivity index (χ0) is 20.4. The molecule has 0 spiro atoms. The van der Waals surface area contributed by atoms with Crippen molar-refractivity contribution in [2.75, 3.05) is 19.7 Å². The fraction of sp³-hybridized carbons (Fsp3) is 0.364. The van der Waals surface area contributed by atoms with E-state index in [2.05, 4.69) is 10.1 Å². The molecular weight excluding hydrogens is 368 g/mol. The van der Waals surface area contributed by atoms with Gasteiger partial charge >= 0.3 is 0 Å². The van der Waals surface area contributed by atoms with E-state index < -0.39 is 0 Å². The second-order valence-electron chi connectivity index (χ2n) is 7.15. The lowest BCUT2D eigenvalue weighted by Crippen LogP contribution is -2.43. The van der Waals surface area contributed by atoms with Crippen molar-refractivity contribution in [2.45, 2.75) is 33.3 Å². The molecule has 0 aromatic carbocycles. The molecule has 0 radical (unpaired) electrons. The number of hydrogen-bond donors (Lipinski definition) is 0. The lowest BCUT2D eigenvalue weighted by molar-refractivity contribution is -0.0249. The number of aromatic nitrogens is 3. The van der Waals surface area contributed by atoms with Crippen molar-refractivity contribution in [3.63, 3.8) is 0 Å². The maximum absolute atomic E-state index is 12.9. The van der Waals surface area contributed by atoms with Gasteiger partial charge in [-0.3, -0.25) is 9.78 Å². The molecule has 0 unspecified atom stereocenters. The van der Waals surface area contributed by atoms with Gasteiger partial charge in [0.2, 0.25) is 0 Å². The number of aryl methyl sites for hydroxylation is 3. The molecule has 1 amide bonds. The third-order valence-electron chi connectivity index (χ3n) is 5.18. The zero-order valence-electron chi connectivity index (χ0n) is 16.9. The number of carbonyl (C=O) groups is 1. The molecule has 1 atom stereocenters. The van der Waals surface area contributed by atoms with E-state index in [0.717, 1.165) is 40.4 Å². The molecule has 7 nitrogen and oxygen atoms in total. The summed E-state index contributed by atoms with van der Waals surface area (Å²) in [5, 5.41) is 4.08. The van der Waals surface area contributed by atoms with Crippen molar-refractivity contribution in [2.24, 2.45) is 0 Å². The molecule has 29 heavy (non-hydrogen) atoms. The van der Waals surface area contributed by atoms with Gasteiger partial charge in [-0.15, -0.1) is 0 Å². The molecule has 0 aliphatic carbocycles. The highest BCUT2D eigenvalue weighted by atomic mass is 16.5. The first-order valence-electron chi connectivity index (χ1n) is 9.83. The SMILES string of the molecule is CCc1onc(C)c1-c1cccc([C@H]2CN(C(=O)c3ncccc3C)CCO2)n1. The highest BCUT2D eigenvalue weighted by Crippen LogP contribution is 2.29. The van der Waals surface area contributed by atoms with Crippen molar-refractivity contribution in [3.8, 4) is 11.3 Å². The number of pyridine rings is 2. The number of nitrogens with zero attached hydrogens (tertiary/aromatic N) is 4. The highest BCUT2D eigenvalue weighted by molar-refractivity contribution is 5.93. The van der Waals surface area contributed by atoms with E-state index in [1.54, 1.807) is 11.1 Å². The average molecular weight is 392 g/mol. The quantitative estimate of drug-likeness (QED) is 0.676. The number of ether oxygens (including phenoxy) is 1. The Balaban J connectivity index is 1.58. The maximum atomic E-state index is 12.9. The van der Waals surface area contributed by atoms with E-state index in [0.29, 0.717) is 25.4 Å². The third kappa shape index (κ3) is 3.78. The average Bonchev–Trinajstić information content (AvgIpc) is 3.14. The fourth-order valence-electron chi connectivity index (χ4n) is 3.63. The Labute approximate surface area is 169 Å². The lowest BCUT2D eigenvalue weighted by atomic mass is 10.1. The monoisotopic (exact) mass is 392 g/mol. The molecule has 150 valence electrons. The minimum absolute atomic E-state index is 0.0734. The molecular formula is C22H24N4O3. The molecule has 0 N–H and O–H groups in total. The molecule has 1 fully saturated rings. The van der Waals surface area contributed by atoms with Crippen LogP contribution >= 0.6 is 0 Å². The molecule has 0 saturated carbocycles. The molecule has 3 aromatic heterocycles. The van der Waals surface area contributed by atoms with Crippen molar-refractivity contribution >= 4 is 5.91 Å². The standard InChI is InChI=1S/C22H24N4O3/c1-4-18-20(15(3)25-29-18)17-9-5-8-16(24-17)19-13-26(11-12-28-19)22(27)21-14(2)7-6-10-23-21/h5-10,19H,4,11-13H2,1-3H3/t19-/m1/s1. The summed E-state index contributed by atoms with van der Waals surface area (Å²) in [6.07, 6.45) is 2.10. The Morgan fingerprint density at radius 2 is 2.10 bits per heavy atom. The van der Waals surface area contributed by atoms with E-state index >= 15 is 0 Å². The number of morpholine rings is 1. The van der Waals surface area contributed by atoms with Crippen molar-refractivity contribution < 1.29 is 14.1 Å². The number of amides is 1. The topological polar surface area (TPSA) is 81.4 Å². The van der Waals surface area contributed by atoms with Gasteiger partial charge in [0.25, 0.3) is 5.91 Å². The number of rotatable bonds is 4. The minimum Gasteiger partial charge on any atom is -0.368 e. The van der Waals surface area contributed by atoms with Gasteiger partial charge in [-0.05, 0) is 37.6 Å². The van der Waals surface area contributed by atoms with Crippen molar-refractivity contribution in [1.29, 1.82) is 0 Å². The fourth-order valence-corrected chi connectivity index (χ4v) is 3.63. The Bertz CT molecular complexity index is 1030. The summed E-state index contributed by atoms with van der Waals surface area (Å²) in [4.78, 5) is 23.8. The van der Waals surface area contributed by atoms with Gasteiger partial charge in [0.05, 0.1) is 35.8 Å². The van der Waals surface area contributed by atoms with Crippen LogP contribution in [0.3, 0.4) is 0 Å². The molecule has 1 saturated heterocycles. The van der Waals surface area contributed by atoms with Crippen molar-refractivity contribution in [3.05, 3.63) is 64.9 Å².